The van der Waals surface area contributed by atoms with Gasteiger partial charge in [-0.1, -0.05) is 29.3 Å². The third-order valence-electron chi connectivity index (χ3n) is 8.25. The predicted molar refractivity (Wildman–Crippen MR) is 133 cm³/mol. The number of nitrogens with one attached hydrogen (secondary N) is 1. The summed E-state index contributed by atoms with van der Waals surface area (Å²) in [5.41, 5.74) is 2.19. The molecule has 3 heterocycles. The van der Waals surface area contributed by atoms with Crippen LogP contribution in [0.25, 0.3) is 0 Å². The molecule has 180 valence electrons. The molecule has 2 N–H and O–H groups in total. The fourth-order valence-electron chi connectivity index (χ4n) is 5.90. The van der Waals surface area contributed by atoms with E-state index < -0.39 is 0 Å². The van der Waals surface area contributed by atoms with Crippen LogP contribution < -0.4 is 5.32 Å². The van der Waals surface area contributed by atoms with E-state index in [4.69, 9.17) is 23.2 Å². The Morgan fingerprint density at radius 3 is 2.73 bits per heavy atom. The highest BCUT2D eigenvalue weighted by atomic mass is 35.5. The van der Waals surface area contributed by atoms with E-state index in [-0.39, 0.29) is 23.6 Å². The van der Waals surface area contributed by atoms with Crippen molar-refractivity contribution in [3.63, 3.8) is 0 Å². The summed E-state index contributed by atoms with van der Waals surface area (Å²) in [7, 11) is 0. The first-order valence-corrected chi connectivity index (χ1v) is 13.0. The van der Waals surface area contributed by atoms with Gasteiger partial charge in [-0.05, 0) is 82.2 Å². The second-order valence-electron chi connectivity index (χ2n) is 10.2. The Balaban J connectivity index is 1.10. The number of aliphatic hydroxyl groups is 1. The van der Waals surface area contributed by atoms with Crippen LogP contribution in [-0.2, 0) is 0 Å². The Morgan fingerprint density at radius 1 is 1.18 bits per heavy atom. The zero-order valence-corrected chi connectivity index (χ0v) is 20.8. The summed E-state index contributed by atoms with van der Waals surface area (Å²) in [5, 5.41) is 14.3. The number of piperazine rings is 1. The van der Waals surface area contributed by atoms with Crippen LogP contribution in [0.4, 0.5) is 10.5 Å². The normalized spacial score (nSPS) is 28.6. The van der Waals surface area contributed by atoms with Crippen LogP contribution in [0, 0.1) is 5.41 Å². The lowest BCUT2D eigenvalue weighted by atomic mass is 9.90. The number of amides is 2. The van der Waals surface area contributed by atoms with E-state index in [1.54, 1.807) is 18.2 Å². The maximum Gasteiger partial charge on any atom is 0.322 e. The number of fused-ring (bicyclic) bond motifs is 1. The molecule has 3 fully saturated rings. The van der Waals surface area contributed by atoms with E-state index in [0.29, 0.717) is 28.3 Å². The van der Waals surface area contributed by atoms with E-state index in [1.165, 1.54) is 18.5 Å². The first-order valence-electron chi connectivity index (χ1n) is 12.3. The highest BCUT2D eigenvalue weighted by molar-refractivity contribution is 6.42. The van der Waals surface area contributed by atoms with Crippen LogP contribution in [0.2, 0.25) is 10.0 Å². The summed E-state index contributed by atoms with van der Waals surface area (Å²) < 4.78 is 0. The number of carbonyl (C=O) groups is 1. The predicted octanol–water partition coefficient (Wildman–Crippen LogP) is 4.81. The lowest BCUT2D eigenvalue weighted by Crippen LogP contribution is -2.54. The molecule has 33 heavy (non-hydrogen) atoms. The van der Waals surface area contributed by atoms with E-state index in [0.717, 1.165) is 51.9 Å². The molecule has 1 aromatic rings. The smallest absolute Gasteiger partial charge is 0.322 e. The molecule has 1 saturated carbocycles. The minimum absolute atomic E-state index is 0.0403. The van der Waals surface area contributed by atoms with Crippen LogP contribution in [-0.4, -0.2) is 76.7 Å². The minimum atomic E-state index is -0.130. The molecular formula is C25H34Cl2N4O2. The molecule has 3 aliphatic heterocycles. The van der Waals surface area contributed by atoms with Gasteiger partial charge < -0.3 is 25.1 Å². The van der Waals surface area contributed by atoms with Crippen molar-refractivity contribution in [2.75, 3.05) is 38.0 Å². The zero-order valence-electron chi connectivity index (χ0n) is 19.3. The van der Waals surface area contributed by atoms with E-state index in [9.17, 15) is 9.90 Å². The molecule has 0 aromatic heterocycles. The topological polar surface area (TPSA) is 59.1 Å². The fraction of sp³-hybridized carbons (Fsp3) is 0.640. The van der Waals surface area contributed by atoms with Gasteiger partial charge in [-0.2, -0.15) is 0 Å². The van der Waals surface area contributed by atoms with E-state index >= 15 is 0 Å². The van der Waals surface area contributed by atoms with Crippen molar-refractivity contribution >= 4 is 34.9 Å². The Kier molecular flexibility index (Phi) is 6.55. The molecule has 4 aliphatic rings. The van der Waals surface area contributed by atoms with Crippen molar-refractivity contribution in [3.05, 3.63) is 40.0 Å². The highest BCUT2D eigenvalue weighted by Crippen LogP contribution is 2.53. The molecule has 5 rings (SSSR count). The molecular weight excluding hydrogens is 459 g/mol. The number of rotatable bonds is 5. The number of nitrogens with zero attached hydrogens (tertiary/aromatic N) is 3. The molecule has 1 aromatic carbocycles. The lowest BCUT2D eigenvalue weighted by Gasteiger charge is -2.43. The van der Waals surface area contributed by atoms with Gasteiger partial charge in [-0.3, -0.25) is 0 Å². The van der Waals surface area contributed by atoms with Gasteiger partial charge in [-0.15, -0.1) is 0 Å². The lowest BCUT2D eigenvalue weighted by molar-refractivity contribution is 0.00746. The maximum absolute atomic E-state index is 12.9. The summed E-state index contributed by atoms with van der Waals surface area (Å²) in [6.07, 6.45) is 9.13. The second-order valence-corrected chi connectivity index (χ2v) is 11.0. The van der Waals surface area contributed by atoms with Gasteiger partial charge in [-0.25, -0.2) is 4.79 Å². The number of likely N-dealkylation sites (tertiary alicyclic amines) is 1. The molecule has 1 aliphatic carbocycles. The van der Waals surface area contributed by atoms with Crippen LogP contribution in [0.3, 0.4) is 0 Å². The van der Waals surface area contributed by atoms with Gasteiger partial charge in [0.15, 0.2) is 0 Å². The highest BCUT2D eigenvalue weighted by Gasteiger charge is 2.51. The molecule has 2 saturated heterocycles. The summed E-state index contributed by atoms with van der Waals surface area (Å²) in [4.78, 5) is 19.8. The number of halogens is 2. The molecule has 6 nitrogen and oxygen atoms in total. The first-order chi connectivity index (χ1) is 15.9. The summed E-state index contributed by atoms with van der Waals surface area (Å²) in [6.45, 7) is 6.72. The monoisotopic (exact) mass is 492 g/mol. The van der Waals surface area contributed by atoms with E-state index in [2.05, 4.69) is 28.1 Å². The van der Waals surface area contributed by atoms with Gasteiger partial charge in [0.2, 0.25) is 0 Å². The molecule has 2 amide bonds. The first kappa shape index (κ1) is 23.3. The molecule has 8 heteroatoms. The number of urea groups is 1. The average molecular weight is 493 g/mol. The van der Waals surface area contributed by atoms with E-state index in [1.807, 2.05) is 4.90 Å². The molecule has 3 unspecified atom stereocenters. The van der Waals surface area contributed by atoms with Gasteiger partial charge >= 0.3 is 6.03 Å². The van der Waals surface area contributed by atoms with Crippen molar-refractivity contribution in [2.24, 2.45) is 5.41 Å². The average Bonchev–Trinajstić information content (AvgIpc) is 3.46. The third-order valence-corrected chi connectivity index (χ3v) is 8.99. The van der Waals surface area contributed by atoms with Crippen molar-refractivity contribution < 1.29 is 9.90 Å². The fourth-order valence-corrected chi connectivity index (χ4v) is 6.20. The quantitative estimate of drug-likeness (QED) is 0.618. The van der Waals surface area contributed by atoms with Gasteiger partial charge in [0.25, 0.3) is 0 Å². The number of anilines is 1. The van der Waals surface area contributed by atoms with Crippen molar-refractivity contribution in [1.29, 1.82) is 0 Å². The number of aliphatic hydroxyl groups excluding tert-OH is 1. The van der Waals surface area contributed by atoms with Crippen LogP contribution in [0.15, 0.2) is 30.0 Å². The summed E-state index contributed by atoms with van der Waals surface area (Å²) in [6, 6.07) is 5.59. The number of carbonyl (C=O) groups excluding carboxylic acids is 1. The minimum Gasteiger partial charge on any atom is -0.391 e. The molecule has 0 radical (unpaired) electrons. The number of hydrogen-bond acceptors (Lipinski definition) is 4. The van der Waals surface area contributed by atoms with Crippen molar-refractivity contribution in [3.8, 4) is 0 Å². The molecule has 0 bridgehead atoms. The Morgan fingerprint density at radius 2 is 2.00 bits per heavy atom. The molecule has 1 spiro atoms. The largest absolute Gasteiger partial charge is 0.391 e. The maximum atomic E-state index is 12.9. The standard InChI is InChI=1S/C25H34Cl2N4O2/c1-17-22-7-5-19(3-2-11-29-12-10-25(8-9-25)23(32)16-29)31(22)14-13-30(17)24(33)28-18-4-6-20(26)21(27)15-18/h4,6-7,15,17,19,23,32H,2-3,5,8-14,16H2,1H3,(H,28,33). The Hall–Kier alpha value is -1.47. The SMILES string of the molecule is CC1C2=CCC(CCCN3CCC4(CC4)C(O)C3)N2CCN1C(=O)Nc1ccc(Cl)c(Cl)c1. The number of β-amino-alcohol motifs (C(OH)–C–C–N with tert-alkyl or cyclic N) is 1. The number of hydrogen-bond donors (Lipinski definition) is 2. The van der Waals surface area contributed by atoms with Gasteiger partial charge in [0.1, 0.15) is 0 Å². The zero-order chi connectivity index (χ0) is 23.2. The van der Waals surface area contributed by atoms with Gasteiger partial charge in [0.05, 0.1) is 22.2 Å². The van der Waals surface area contributed by atoms with Crippen LogP contribution in [0.5, 0.6) is 0 Å². The summed E-state index contributed by atoms with van der Waals surface area (Å²) >= 11 is 12.1. The Bertz CT molecular complexity index is 935. The van der Waals surface area contributed by atoms with Crippen LogP contribution in [0.1, 0.15) is 45.4 Å². The van der Waals surface area contributed by atoms with Crippen LogP contribution >= 0.6 is 23.2 Å². The van der Waals surface area contributed by atoms with Gasteiger partial charge in [0, 0.05) is 37.1 Å². The summed E-state index contributed by atoms with van der Waals surface area (Å²) in [5.74, 6) is 0. The second kappa shape index (κ2) is 9.29. The Labute approximate surface area is 206 Å². The van der Waals surface area contributed by atoms with Crippen molar-refractivity contribution in [2.45, 2.75) is 63.6 Å². The van der Waals surface area contributed by atoms with Crippen molar-refractivity contribution in [1.82, 2.24) is 14.7 Å². The number of piperidine rings is 1. The third kappa shape index (κ3) is 4.72. The number of benzene rings is 1. The molecule has 3 atom stereocenters.